The molecule has 0 saturated carbocycles. The molecule has 0 bridgehead atoms. The van der Waals surface area contributed by atoms with Crippen LogP contribution in [-0.2, 0) is 0 Å². The van der Waals surface area contributed by atoms with Gasteiger partial charge < -0.3 is 0 Å². The second kappa shape index (κ2) is 4.59. The van der Waals surface area contributed by atoms with Crippen LogP contribution in [0.1, 0.15) is 22.8 Å². The van der Waals surface area contributed by atoms with Gasteiger partial charge in [-0.2, -0.15) is 5.26 Å². The molecule has 0 aliphatic heterocycles. The predicted molar refractivity (Wildman–Crippen MR) is 58.9 cm³/mol. The van der Waals surface area contributed by atoms with Crippen LogP contribution in [0.4, 0.5) is 0 Å². The topological polar surface area (TPSA) is 40.9 Å². The molecule has 1 rings (SSSR count). The molecule has 0 aliphatic carbocycles. The Bertz CT molecular complexity index is 409. The van der Waals surface area contributed by atoms with Gasteiger partial charge in [-0.15, -0.1) is 0 Å². The zero-order valence-electron chi connectivity index (χ0n) is 7.42. The number of Topliss-reactive ketones (excluding diaryl/α,β-unsaturated/α-hetero) is 1. The summed E-state index contributed by atoms with van der Waals surface area (Å²) in [6.07, 6.45) is 0. The lowest BCUT2D eigenvalue weighted by Crippen LogP contribution is -2.12. The summed E-state index contributed by atoms with van der Waals surface area (Å²) in [5, 5.41) is 9.12. The zero-order valence-corrected chi connectivity index (χ0v) is 9.76. The lowest BCUT2D eigenvalue weighted by molar-refractivity contribution is 0.0996. The molecule has 1 unspecified atom stereocenters. The summed E-state index contributed by atoms with van der Waals surface area (Å²) < 4.78 is 0. The van der Waals surface area contributed by atoms with Crippen LogP contribution in [0.15, 0.2) is 18.2 Å². The normalized spacial score (nSPS) is 11.9. The number of ketones is 1. The van der Waals surface area contributed by atoms with E-state index >= 15 is 0 Å². The molecule has 0 radical (unpaired) electrons. The highest BCUT2D eigenvalue weighted by atomic mass is 79.9. The molecule has 14 heavy (non-hydrogen) atoms. The van der Waals surface area contributed by atoms with Crippen molar-refractivity contribution in [3.05, 3.63) is 34.3 Å². The van der Waals surface area contributed by atoms with Crippen LogP contribution >= 0.6 is 27.5 Å². The van der Waals surface area contributed by atoms with Gasteiger partial charge in [0.1, 0.15) is 0 Å². The Kier molecular flexibility index (Phi) is 3.68. The van der Waals surface area contributed by atoms with Gasteiger partial charge in [0, 0.05) is 0 Å². The standard InChI is InChI=1S/C10H7BrClNO/c1-6(11)10(14)9-7(5-13)3-2-4-8(9)12/h2-4,6H,1H3. The Balaban J connectivity index is 3.33. The number of rotatable bonds is 2. The maximum atomic E-state index is 11.7. The van der Waals surface area contributed by atoms with Crippen LogP contribution in [0.3, 0.4) is 0 Å². The third-order valence-corrected chi connectivity index (χ3v) is 2.47. The van der Waals surface area contributed by atoms with Crippen molar-refractivity contribution in [2.24, 2.45) is 0 Å². The smallest absolute Gasteiger partial charge is 0.179 e. The van der Waals surface area contributed by atoms with Crippen molar-refractivity contribution in [1.82, 2.24) is 0 Å². The summed E-state index contributed by atoms with van der Waals surface area (Å²) in [5.41, 5.74) is 0.606. The molecule has 72 valence electrons. The lowest BCUT2D eigenvalue weighted by Gasteiger charge is -2.06. The van der Waals surface area contributed by atoms with E-state index in [4.69, 9.17) is 16.9 Å². The van der Waals surface area contributed by atoms with E-state index in [1.807, 2.05) is 6.07 Å². The highest BCUT2D eigenvalue weighted by Crippen LogP contribution is 2.22. The number of carbonyl (C=O) groups excluding carboxylic acids is 1. The first-order chi connectivity index (χ1) is 6.57. The van der Waals surface area contributed by atoms with E-state index < -0.39 is 0 Å². The number of alkyl halides is 1. The van der Waals surface area contributed by atoms with Crippen LogP contribution < -0.4 is 0 Å². The highest BCUT2D eigenvalue weighted by molar-refractivity contribution is 9.10. The number of hydrogen-bond donors (Lipinski definition) is 0. The molecule has 0 amide bonds. The van der Waals surface area contributed by atoms with Gasteiger partial charge in [-0.3, -0.25) is 4.79 Å². The van der Waals surface area contributed by atoms with Crippen molar-refractivity contribution in [2.75, 3.05) is 0 Å². The van der Waals surface area contributed by atoms with Crippen LogP contribution in [0, 0.1) is 11.3 Å². The molecule has 0 aliphatic rings. The molecule has 0 N–H and O–H groups in total. The van der Waals surface area contributed by atoms with E-state index in [9.17, 15) is 4.79 Å². The van der Waals surface area contributed by atoms with Gasteiger partial charge in [0.2, 0.25) is 0 Å². The second-order valence-electron chi connectivity index (χ2n) is 2.75. The minimum absolute atomic E-state index is 0.174. The maximum absolute atomic E-state index is 11.7. The van der Waals surface area contributed by atoms with E-state index in [1.54, 1.807) is 25.1 Å². The molecule has 0 heterocycles. The van der Waals surface area contributed by atoms with Crippen molar-refractivity contribution in [2.45, 2.75) is 11.8 Å². The fourth-order valence-electron chi connectivity index (χ4n) is 1.07. The Morgan fingerprint density at radius 2 is 2.29 bits per heavy atom. The second-order valence-corrected chi connectivity index (χ2v) is 4.54. The lowest BCUT2D eigenvalue weighted by atomic mass is 10.0. The van der Waals surface area contributed by atoms with Gasteiger partial charge in [0.15, 0.2) is 5.78 Å². The van der Waals surface area contributed by atoms with E-state index in [1.165, 1.54) is 0 Å². The third kappa shape index (κ3) is 2.14. The van der Waals surface area contributed by atoms with E-state index in [0.717, 1.165) is 0 Å². The van der Waals surface area contributed by atoms with Crippen LogP contribution in [0.25, 0.3) is 0 Å². The van der Waals surface area contributed by atoms with Crippen molar-refractivity contribution in [3.8, 4) is 6.07 Å². The molecule has 4 heteroatoms. The first-order valence-electron chi connectivity index (χ1n) is 3.94. The van der Waals surface area contributed by atoms with Gasteiger partial charge in [0.05, 0.1) is 27.0 Å². The first kappa shape index (κ1) is 11.2. The van der Waals surface area contributed by atoms with E-state index in [0.29, 0.717) is 16.1 Å². The van der Waals surface area contributed by atoms with Crippen molar-refractivity contribution >= 4 is 33.3 Å². The van der Waals surface area contributed by atoms with Gasteiger partial charge in [0.25, 0.3) is 0 Å². The maximum Gasteiger partial charge on any atom is 0.179 e. The molecule has 2 nitrogen and oxygen atoms in total. The number of halogens is 2. The van der Waals surface area contributed by atoms with E-state index in [-0.39, 0.29) is 10.6 Å². The first-order valence-corrected chi connectivity index (χ1v) is 5.24. The minimum Gasteiger partial charge on any atom is -0.293 e. The number of benzene rings is 1. The van der Waals surface area contributed by atoms with Crippen molar-refractivity contribution in [3.63, 3.8) is 0 Å². The summed E-state index contributed by atoms with van der Waals surface area (Å²) in [6.45, 7) is 1.70. The van der Waals surface area contributed by atoms with Crippen molar-refractivity contribution in [1.29, 1.82) is 5.26 Å². The largest absolute Gasteiger partial charge is 0.293 e. The Labute approximate surface area is 95.6 Å². The summed E-state index contributed by atoms with van der Waals surface area (Å²) >= 11 is 9.01. The summed E-state index contributed by atoms with van der Waals surface area (Å²) in [7, 11) is 0. The van der Waals surface area contributed by atoms with Crippen LogP contribution in [0.5, 0.6) is 0 Å². The molecule has 0 saturated heterocycles. The predicted octanol–water partition coefficient (Wildman–Crippen LogP) is 3.18. The minimum atomic E-state index is -0.338. The summed E-state index contributed by atoms with van der Waals surface area (Å²) in [6, 6.07) is 6.78. The quantitative estimate of drug-likeness (QED) is 0.613. The van der Waals surface area contributed by atoms with Crippen molar-refractivity contribution < 1.29 is 4.79 Å². The SMILES string of the molecule is CC(Br)C(=O)c1c(Cl)cccc1C#N. The average Bonchev–Trinajstić information content (AvgIpc) is 2.16. The Morgan fingerprint density at radius 3 is 2.79 bits per heavy atom. The van der Waals surface area contributed by atoms with Crippen LogP contribution in [0.2, 0.25) is 5.02 Å². The van der Waals surface area contributed by atoms with Gasteiger partial charge in [-0.05, 0) is 19.1 Å². The number of carbonyl (C=O) groups is 1. The molecule has 0 aromatic heterocycles. The molecule has 0 fully saturated rings. The van der Waals surface area contributed by atoms with Gasteiger partial charge in [-0.25, -0.2) is 0 Å². The molecular formula is C10H7BrClNO. The molecule has 1 aromatic rings. The fraction of sp³-hybridized carbons (Fsp3) is 0.200. The number of nitrogens with zero attached hydrogens (tertiary/aromatic N) is 1. The molecule has 1 atom stereocenters. The fourth-order valence-corrected chi connectivity index (χ4v) is 1.56. The van der Waals surface area contributed by atoms with Gasteiger partial charge >= 0.3 is 0 Å². The highest BCUT2D eigenvalue weighted by Gasteiger charge is 2.18. The number of nitriles is 1. The monoisotopic (exact) mass is 271 g/mol. The number of hydrogen-bond acceptors (Lipinski definition) is 2. The Morgan fingerprint density at radius 1 is 1.64 bits per heavy atom. The molecule has 1 aromatic carbocycles. The summed E-state index contributed by atoms with van der Waals surface area (Å²) in [4.78, 5) is 11.3. The Hall–Kier alpha value is -0.850. The molecular weight excluding hydrogens is 265 g/mol. The third-order valence-electron chi connectivity index (χ3n) is 1.74. The summed E-state index contributed by atoms with van der Waals surface area (Å²) in [5.74, 6) is -0.174. The molecule has 0 spiro atoms. The zero-order chi connectivity index (χ0) is 10.7. The van der Waals surface area contributed by atoms with Crippen LogP contribution in [-0.4, -0.2) is 10.6 Å². The van der Waals surface area contributed by atoms with E-state index in [2.05, 4.69) is 15.9 Å². The average molecular weight is 273 g/mol. The van der Waals surface area contributed by atoms with Gasteiger partial charge in [-0.1, -0.05) is 33.6 Å².